The second-order valence-corrected chi connectivity index (χ2v) is 10.5. The number of halogens is 3. The molecule has 1 saturated carbocycles. The Morgan fingerprint density at radius 3 is 2.33 bits per heavy atom. The van der Waals surface area contributed by atoms with Crippen LogP contribution in [0.15, 0.2) is 48.5 Å². The number of alkyl halides is 3. The number of ketones is 1. The van der Waals surface area contributed by atoms with Gasteiger partial charge in [-0.3, -0.25) is 9.48 Å². The molecule has 0 radical (unpaired) electrons. The Hall–Kier alpha value is -3.62. The fraction of sp³-hybridized carbons (Fsp3) is 0.433. The summed E-state index contributed by atoms with van der Waals surface area (Å²) in [5.41, 5.74) is 1.45. The van der Waals surface area contributed by atoms with Crippen molar-refractivity contribution in [3.63, 3.8) is 0 Å². The summed E-state index contributed by atoms with van der Waals surface area (Å²) in [6.07, 6.45) is -1.46. The average molecular weight is 543 g/mol. The smallest absolute Gasteiger partial charge is 0.416 e. The summed E-state index contributed by atoms with van der Waals surface area (Å²) in [4.78, 5) is 25.2. The molecule has 3 aromatic rings. The molecule has 0 unspecified atom stereocenters. The lowest BCUT2D eigenvalue weighted by molar-refractivity contribution is -0.158. The third-order valence-corrected chi connectivity index (χ3v) is 6.74. The maximum atomic E-state index is 13.1. The molecule has 0 spiro atoms. The molecule has 1 aliphatic carbocycles. The highest BCUT2D eigenvalue weighted by Crippen LogP contribution is 2.33. The van der Waals surface area contributed by atoms with Gasteiger partial charge in [0.15, 0.2) is 11.4 Å². The van der Waals surface area contributed by atoms with Gasteiger partial charge in [-0.1, -0.05) is 12.1 Å². The maximum Gasteiger partial charge on any atom is 0.416 e. The zero-order valence-electron chi connectivity index (χ0n) is 22.6. The van der Waals surface area contributed by atoms with Crippen LogP contribution in [-0.2, 0) is 28.7 Å². The number of aromatic nitrogens is 2. The van der Waals surface area contributed by atoms with Crippen LogP contribution >= 0.6 is 0 Å². The van der Waals surface area contributed by atoms with Crippen molar-refractivity contribution in [3.8, 4) is 17.0 Å². The number of Topliss-reactive ketones (excluding diaryl/α,β-unsaturated/α-hetero) is 1. The van der Waals surface area contributed by atoms with E-state index in [2.05, 4.69) is 5.10 Å². The Morgan fingerprint density at radius 2 is 1.74 bits per heavy atom. The quantitative estimate of drug-likeness (QED) is 0.196. The topological polar surface area (TPSA) is 70.4 Å². The number of esters is 1. The summed E-state index contributed by atoms with van der Waals surface area (Å²) >= 11 is 0. The minimum absolute atomic E-state index is 0.0513. The molecule has 4 rings (SSSR count). The van der Waals surface area contributed by atoms with Crippen molar-refractivity contribution >= 4 is 11.8 Å². The lowest BCUT2D eigenvalue weighted by Gasteiger charge is -2.25. The van der Waals surface area contributed by atoms with Gasteiger partial charge in [0.05, 0.1) is 17.9 Å². The van der Waals surface area contributed by atoms with Crippen LogP contribution in [0.1, 0.15) is 67.2 Å². The molecule has 39 heavy (non-hydrogen) atoms. The Kier molecular flexibility index (Phi) is 8.18. The fourth-order valence-electron chi connectivity index (χ4n) is 4.28. The maximum absolute atomic E-state index is 13.1. The largest absolute Gasteiger partial charge is 0.476 e. The van der Waals surface area contributed by atoms with Gasteiger partial charge in [-0.15, -0.1) is 0 Å². The van der Waals surface area contributed by atoms with E-state index in [1.807, 2.05) is 17.7 Å². The minimum Gasteiger partial charge on any atom is -0.476 e. The van der Waals surface area contributed by atoms with E-state index in [1.54, 1.807) is 39.0 Å². The van der Waals surface area contributed by atoms with Gasteiger partial charge >= 0.3 is 12.1 Å². The first-order valence-electron chi connectivity index (χ1n) is 13.1. The van der Waals surface area contributed by atoms with E-state index < -0.39 is 23.3 Å². The van der Waals surface area contributed by atoms with Crippen molar-refractivity contribution in [1.29, 1.82) is 0 Å². The van der Waals surface area contributed by atoms with Gasteiger partial charge in [-0.05, 0) is 94.8 Å². The number of carbonyl (C=O) groups is 2. The molecular formula is C30H33F3N2O4. The average Bonchev–Trinajstić information content (AvgIpc) is 3.61. The molecule has 0 bridgehead atoms. The first-order valence-corrected chi connectivity index (χ1v) is 13.1. The number of hydrogen-bond donors (Lipinski definition) is 0. The van der Waals surface area contributed by atoms with Crippen LogP contribution in [0.4, 0.5) is 13.2 Å². The van der Waals surface area contributed by atoms with E-state index in [9.17, 15) is 22.8 Å². The van der Waals surface area contributed by atoms with E-state index in [-0.39, 0.29) is 18.8 Å². The predicted molar refractivity (Wildman–Crippen MR) is 141 cm³/mol. The first kappa shape index (κ1) is 28.4. The van der Waals surface area contributed by atoms with Gasteiger partial charge in [0.25, 0.3) is 0 Å². The molecule has 0 N–H and O–H groups in total. The Bertz CT molecular complexity index is 1340. The van der Waals surface area contributed by atoms with E-state index in [4.69, 9.17) is 9.47 Å². The molecular weight excluding hydrogens is 509 g/mol. The van der Waals surface area contributed by atoms with Crippen molar-refractivity contribution in [3.05, 3.63) is 70.9 Å². The molecule has 2 aromatic carbocycles. The molecule has 1 heterocycles. The molecule has 9 heteroatoms. The molecule has 0 saturated heterocycles. The molecule has 0 aliphatic heterocycles. The third kappa shape index (κ3) is 7.07. The third-order valence-electron chi connectivity index (χ3n) is 6.74. The number of carbonyl (C=O) groups excluding carboxylic acids is 2. The number of benzene rings is 2. The molecule has 1 aliphatic rings. The molecule has 0 atom stereocenters. The number of hydrogen-bond acceptors (Lipinski definition) is 5. The van der Waals surface area contributed by atoms with E-state index in [0.29, 0.717) is 34.9 Å². The Balaban J connectivity index is 1.46. The van der Waals surface area contributed by atoms with Gasteiger partial charge in [0, 0.05) is 29.8 Å². The van der Waals surface area contributed by atoms with Crippen LogP contribution in [0.5, 0.6) is 5.75 Å². The predicted octanol–water partition coefficient (Wildman–Crippen LogP) is 6.82. The minimum atomic E-state index is -4.39. The van der Waals surface area contributed by atoms with Crippen LogP contribution in [0.2, 0.25) is 0 Å². The number of nitrogens with zero attached hydrogens (tertiary/aromatic N) is 2. The standard InChI is InChI=1S/C30H33F3N2O4/c1-5-38-28(37)29(3,4)39-27-15-10-22(16-19(27)2)26(36)14-13-24-17-25(34-35(24)18-20-6-7-20)21-8-11-23(12-9-21)30(31,32)33/h8-12,15-17,20H,5-7,13-14,18H2,1-4H3. The van der Waals surface area contributed by atoms with E-state index in [0.717, 1.165) is 42.8 Å². The second kappa shape index (κ2) is 11.2. The van der Waals surface area contributed by atoms with Gasteiger partial charge < -0.3 is 9.47 Å². The molecule has 208 valence electrons. The normalized spacial score (nSPS) is 13.8. The lowest BCUT2D eigenvalue weighted by atomic mass is 10.0. The zero-order valence-corrected chi connectivity index (χ0v) is 22.6. The van der Waals surface area contributed by atoms with Crippen LogP contribution in [0, 0.1) is 12.8 Å². The fourth-order valence-corrected chi connectivity index (χ4v) is 4.28. The second-order valence-electron chi connectivity index (χ2n) is 10.5. The molecule has 1 fully saturated rings. The van der Waals surface area contributed by atoms with Crippen LogP contribution in [0.25, 0.3) is 11.3 Å². The van der Waals surface area contributed by atoms with Gasteiger partial charge in [-0.25, -0.2) is 4.79 Å². The van der Waals surface area contributed by atoms with Crippen molar-refractivity contribution in [1.82, 2.24) is 9.78 Å². The summed E-state index contributed by atoms with van der Waals surface area (Å²) in [7, 11) is 0. The van der Waals surface area contributed by atoms with Crippen molar-refractivity contribution in [2.24, 2.45) is 5.92 Å². The van der Waals surface area contributed by atoms with Crippen LogP contribution < -0.4 is 4.74 Å². The SMILES string of the molecule is CCOC(=O)C(C)(C)Oc1ccc(C(=O)CCc2cc(-c3ccc(C(F)(F)F)cc3)nn2CC2CC2)cc1C. The highest BCUT2D eigenvalue weighted by atomic mass is 19.4. The summed E-state index contributed by atoms with van der Waals surface area (Å²) in [5, 5.41) is 4.66. The number of aryl methyl sites for hydroxylation is 2. The Labute approximate surface area is 226 Å². The van der Waals surface area contributed by atoms with Crippen molar-refractivity contribution < 1.29 is 32.2 Å². The monoisotopic (exact) mass is 542 g/mol. The summed E-state index contributed by atoms with van der Waals surface area (Å²) in [6.45, 7) is 7.79. The van der Waals surface area contributed by atoms with Crippen molar-refractivity contribution in [2.45, 2.75) is 71.7 Å². The van der Waals surface area contributed by atoms with E-state index >= 15 is 0 Å². The molecule has 6 nitrogen and oxygen atoms in total. The van der Waals surface area contributed by atoms with Crippen LogP contribution in [-0.4, -0.2) is 33.7 Å². The highest BCUT2D eigenvalue weighted by molar-refractivity contribution is 5.96. The highest BCUT2D eigenvalue weighted by Gasteiger charge is 2.32. The zero-order chi connectivity index (χ0) is 28.4. The summed E-state index contributed by atoms with van der Waals surface area (Å²) in [6, 6.07) is 11.9. The van der Waals surface area contributed by atoms with E-state index in [1.165, 1.54) is 12.1 Å². The van der Waals surface area contributed by atoms with Crippen molar-refractivity contribution in [2.75, 3.05) is 6.61 Å². The molecule has 1 aromatic heterocycles. The lowest BCUT2D eigenvalue weighted by Crippen LogP contribution is -2.39. The number of ether oxygens (including phenoxy) is 2. The number of rotatable bonds is 11. The van der Waals surface area contributed by atoms with Gasteiger partial charge in [-0.2, -0.15) is 18.3 Å². The van der Waals surface area contributed by atoms with Crippen LogP contribution in [0.3, 0.4) is 0 Å². The summed E-state index contributed by atoms with van der Waals surface area (Å²) in [5.74, 6) is 0.509. The van der Waals surface area contributed by atoms with Gasteiger partial charge in [0.1, 0.15) is 5.75 Å². The first-order chi connectivity index (χ1) is 18.4. The van der Waals surface area contributed by atoms with Gasteiger partial charge in [0.2, 0.25) is 0 Å². The Morgan fingerprint density at radius 1 is 1.05 bits per heavy atom. The summed E-state index contributed by atoms with van der Waals surface area (Å²) < 4.78 is 51.7. The molecule has 0 amide bonds.